The fraction of sp³-hybridized carbons (Fsp3) is 0.579. The molecular formula is C19H26N4O2S. The van der Waals surface area contributed by atoms with Crippen molar-refractivity contribution in [2.24, 2.45) is 5.92 Å². The van der Waals surface area contributed by atoms with Crippen LogP contribution in [-0.4, -0.2) is 40.2 Å². The van der Waals surface area contributed by atoms with Crippen molar-refractivity contribution in [3.63, 3.8) is 0 Å². The first-order valence-electron chi connectivity index (χ1n) is 9.61. The second-order valence-electron chi connectivity index (χ2n) is 7.46. The highest BCUT2D eigenvalue weighted by Crippen LogP contribution is 2.35. The van der Waals surface area contributed by atoms with E-state index < -0.39 is 10.0 Å². The molecule has 1 N–H and O–H groups in total. The van der Waals surface area contributed by atoms with Crippen molar-refractivity contribution in [3.05, 3.63) is 36.2 Å². The van der Waals surface area contributed by atoms with E-state index in [1.165, 1.54) is 6.42 Å². The smallest absolute Gasteiger partial charge is 0.215 e. The molecule has 2 aliphatic rings. The van der Waals surface area contributed by atoms with E-state index in [1.54, 1.807) is 4.31 Å². The quantitative estimate of drug-likeness (QED) is 0.868. The van der Waals surface area contributed by atoms with E-state index in [1.807, 2.05) is 30.3 Å². The summed E-state index contributed by atoms with van der Waals surface area (Å²) < 4.78 is 27.7. The van der Waals surface area contributed by atoms with Gasteiger partial charge in [-0.25, -0.2) is 13.4 Å². The molecule has 4 rings (SSSR count). The highest BCUT2D eigenvalue weighted by molar-refractivity contribution is 7.89. The first kappa shape index (κ1) is 17.7. The molecule has 1 unspecified atom stereocenters. The molecule has 26 heavy (non-hydrogen) atoms. The molecule has 2 heterocycles. The van der Waals surface area contributed by atoms with E-state index in [-0.39, 0.29) is 11.8 Å². The zero-order valence-corrected chi connectivity index (χ0v) is 15.8. The van der Waals surface area contributed by atoms with E-state index in [0.717, 1.165) is 44.1 Å². The molecule has 1 aliphatic carbocycles. The maximum absolute atomic E-state index is 13.0. The molecule has 0 amide bonds. The summed E-state index contributed by atoms with van der Waals surface area (Å²) in [7, 11) is -3.27. The first-order chi connectivity index (χ1) is 12.6. The average molecular weight is 375 g/mol. The Morgan fingerprint density at radius 1 is 1.04 bits per heavy atom. The van der Waals surface area contributed by atoms with Gasteiger partial charge >= 0.3 is 0 Å². The second kappa shape index (κ2) is 7.48. The number of sulfonamides is 1. The van der Waals surface area contributed by atoms with Crippen molar-refractivity contribution >= 4 is 10.0 Å². The van der Waals surface area contributed by atoms with Crippen LogP contribution < -0.4 is 0 Å². The second-order valence-corrected chi connectivity index (χ2v) is 9.43. The SMILES string of the molecule is O=S(=O)(CC1CCCCC1)N1CCCC1c1nc(-c2ccccc2)n[nH]1. The van der Waals surface area contributed by atoms with Crippen LogP contribution in [0.5, 0.6) is 0 Å². The lowest BCUT2D eigenvalue weighted by Crippen LogP contribution is -2.35. The summed E-state index contributed by atoms with van der Waals surface area (Å²) in [5.41, 5.74) is 0.935. The molecule has 2 aromatic rings. The summed E-state index contributed by atoms with van der Waals surface area (Å²) in [6.07, 6.45) is 7.31. The molecule has 1 saturated heterocycles. The minimum atomic E-state index is -3.27. The van der Waals surface area contributed by atoms with Gasteiger partial charge in [-0.3, -0.25) is 5.10 Å². The van der Waals surface area contributed by atoms with Gasteiger partial charge in [0.15, 0.2) is 5.82 Å². The van der Waals surface area contributed by atoms with Gasteiger partial charge in [0, 0.05) is 12.1 Å². The number of hydrogen-bond acceptors (Lipinski definition) is 4. The Morgan fingerprint density at radius 2 is 1.81 bits per heavy atom. The Morgan fingerprint density at radius 3 is 2.58 bits per heavy atom. The number of aromatic nitrogens is 3. The number of hydrogen-bond donors (Lipinski definition) is 1. The molecule has 0 radical (unpaired) electrons. The van der Waals surface area contributed by atoms with Crippen LogP contribution in [0.4, 0.5) is 0 Å². The van der Waals surface area contributed by atoms with Gasteiger partial charge in [0.2, 0.25) is 10.0 Å². The molecule has 140 valence electrons. The largest absolute Gasteiger partial charge is 0.261 e. The number of aromatic amines is 1. The van der Waals surface area contributed by atoms with Crippen LogP contribution in [0, 0.1) is 5.92 Å². The van der Waals surface area contributed by atoms with Gasteiger partial charge in [-0.2, -0.15) is 9.40 Å². The summed E-state index contributed by atoms with van der Waals surface area (Å²) in [6.45, 7) is 0.584. The molecule has 1 aromatic heterocycles. The van der Waals surface area contributed by atoms with Crippen molar-refractivity contribution < 1.29 is 8.42 Å². The number of nitrogens with one attached hydrogen (secondary N) is 1. The van der Waals surface area contributed by atoms with Crippen LogP contribution >= 0.6 is 0 Å². The fourth-order valence-electron chi connectivity index (χ4n) is 4.23. The van der Waals surface area contributed by atoms with E-state index in [4.69, 9.17) is 0 Å². The molecule has 6 nitrogen and oxygen atoms in total. The van der Waals surface area contributed by atoms with Gasteiger partial charge < -0.3 is 0 Å². The summed E-state index contributed by atoms with van der Waals surface area (Å²) in [5, 5.41) is 7.29. The van der Waals surface area contributed by atoms with Gasteiger partial charge in [-0.1, -0.05) is 49.6 Å². The maximum Gasteiger partial charge on any atom is 0.215 e. The van der Waals surface area contributed by atoms with Crippen LogP contribution in [-0.2, 0) is 10.0 Å². The minimum Gasteiger partial charge on any atom is -0.261 e. The monoisotopic (exact) mass is 374 g/mol. The lowest BCUT2D eigenvalue weighted by atomic mass is 9.91. The predicted molar refractivity (Wildman–Crippen MR) is 101 cm³/mol. The summed E-state index contributed by atoms with van der Waals surface area (Å²) >= 11 is 0. The van der Waals surface area contributed by atoms with Crippen molar-refractivity contribution in [2.75, 3.05) is 12.3 Å². The Bertz CT molecular complexity index is 828. The summed E-state index contributed by atoms with van der Waals surface area (Å²) in [6, 6.07) is 9.55. The fourth-order valence-corrected chi connectivity index (χ4v) is 6.35. The van der Waals surface area contributed by atoms with Crippen LogP contribution in [0.3, 0.4) is 0 Å². The third-order valence-corrected chi connectivity index (χ3v) is 7.63. The molecule has 1 aliphatic heterocycles. The molecule has 2 fully saturated rings. The normalized spacial score (nSPS) is 22.7. The molecule has 1 saturated carbocycles. The number of nitrogens with zero attached hydrogens (tertiary/aromatic N) is 3. The Hall–Kier alpha value is -1.73. The first-order valence-corrected chi connectivity index (χ1v) is 11.2. The minimum absolute atomic E-state index is 0.214. The summed E-state index contributed by atoms with van der Waals surface area (Å²) in [5.74, 6) is 1.87. The predicted octanol–water partition coefficient (Wildman–Crippen LogP) is 3.52. The zero-order chi connectivity index (χ0) is 18.0. The topological polar surface area (TPSA) is 79.0 Å². The third kappa shape index (κ3) is 3.69. The number of rotatable bonds is 5. The van der Waals surface area contributed by atoms with Gasteiger partial charge in [-0.15, -0.1) is 0 Å². The molecule has 7 heteroatoms. The number of benzene rings is 1. The van der Waals surface area contributed by atoms with Crippen LogP contribution in [0.25, 0.3) is 11.4 Å². The standard InChI is InChI=1S/C19H26N4O2S/c24-26(25,14-15-8-3-1-4-9-15)23-13-7-12-17(23)19-20-18(21-22-19)16-10-5-2-6-11-16/h2,5-6,10-11,15,17H,1,3-4,7-9,12-14H2,(H,20,21,22). The zero-order valence-electron chi connectivity index (χ0n) is 15.0. The highest BCUT2D eigenvalue weighted by atomic mass is 32.2. The van der Waals surface area contributed by atoms with Crippen molar-refractivity contribution in [3.8, 4) is 11.4 Å². The van der Waals surface area contributed by atoms with Gasteiger partial charge in [0.05, 0.1) is 11.8 Å². The summed E-state index contributed by atoms with van der Waals surface area (Å²) in [4.78, 5) is 4.60. The van der Waals surface area contributed by atoms with Crippen molar-refractivity contribution in [2.45, 2.75) is 51.0 Å². The average Bonchev–Trinajstić information content (AvgIpc) is 3.32. The van der Waals surface area contributed by atoms with Gasteiger partial charge in [-0.05, 0) is 31.6 Å². The lowest BCUT2D eigenvalue weighted by molar-refractivity contribution is 0.354. The van der Waals surface area contributed by atoms with Crippen LogP contribution in [0.1, 0.15) is 56.8 Å². The lowest BCUT2D eigenvalue weighted by Gasteiger charge is -2.27. The molecule has 0 bridgehead atoms. The Kier molecular flexibility index (Phi) is 5.09. The van der Waals surface area contributed by atoms with E-state index in [9.17, 15) is 8.42 Å². The molecular weight excluding hydrogens is 348 g/mol. The van der Waals surface area contributed by atoms with Gasteiger partial charge in [0.1, 0.15) is 5.82 Å². The maximum atomic E-state index is 13.0. The van der Waals surface area contributed by atoms with E-state index in [2.05, 4.69) is 15.2 Å². The molecule has 1 atom stereocenters. The molecule has 0 spiro atoms. The van der Waals surface area contributed by atoms with Crippen LogP contribution in [0.2, 0.25) is 0 Å². The molecule has 1 aromatic carbocycles. The highest BCUT2D eigenvalue weighted by Gasteiger charge is 2.38. The Balaban J connectivity index is 1.52. The van der Waals surface area contributed by atoms with E-state index in [0.29, 0.717) is 24.1 Å². The Labute approximate surface area is 155 Å². The van der Waals surface area contributed by atoms with E-state index >= 15 is 0 Å². The number of H-pyrrole nitrogens is 1. The third-order valence-electron chi connectivity index (χ3n) is 5.58. The van der Waals surface area contributed by atoms with Crippen molar-refractivity contribution in [1.29, 1.82) is 0 Å². The van der Waals surface area contributed by atoms with Crippen LogP contribution in [0.15, 0.2) is 30.3 Å². The van der Waals surface area contributed by atoms with Gasteiger partial charge in [0.25, 0.3) is 0 Å². The van der Waals surface area contributed by atoms with Crippen molar-refractivity contribution in [1.82, 2.24) is 19.5 Å².